The van der Waals surface area contributed by atoms with Crippen molar-refractivity contribution in [2.75, 3.05) is 13.7 Å². The van der Waals surface area contributed by atoms with Gasteiger partial charge in [-0.3, -0.25) is 4.79 Å². The highest BCUT2D eigenvalue weighted by molar-refractivity contribution is 5.93. The van der Waals surface area contributed by atoms with E-state index in [1.54, 1.807) is 14.0 Å². The number of aromatic amines is 1. The summed E-state index contributed by atoms with van der Waals surface area (Å²) in [5, 5.41) is 14.1. The number of amides is 1. The summed E-state index contributed by atoms with van der Waals surface area (Å²) >= 11 is 0. The van der Waals surface area contributed by atoms with Gasteiger partial charge in [-0.2, -0.15) is 0 Å². The minimum absolute atomic E-state index is 0.111. The molecule has 3 N–H and O–H groups in total. The highest BCUT2D eigenvalue weighted by atomic mass is 16.5. The Morgan fingerprint density at radius 3 is 2.87 bits per heavy atom. The number of fused-ring (bicyclic) bond motifs is 1. The Bertz CT molecular complexity index is 676. The lowest BCUT2D eigenvalue weighted by Crippen LogP contribution is -2.45. The summed E-state index contributed by atoms with van der Waals surface area (Å²) in [4.78, 5) is 15.4. The van der Waals surface area contributed by atoms with Gasteiger partial charge < -0.3 is 20.1 Å². The molecule has 0 aliphatic carbocycles. The molecule has 0 saturated carbocycles. The van der Waals surface area contributed by atoms with Crippen LogP contribution in [0.4, 0.5) is 0 Å². The fourth-order valence-electron chi connectivity index (χ4n) is 2.66. The van der Waals surface area contributed by atoms with Gasteiger partial charge in [0.05, 0.1) is 19.1 Å². The number of ether oxygens (including phenoxy) is 1. The average molecular weight is 318 g/mol. The van der Waals surface area contributed by atoms with Crippen LogP contribution in [0.2, 0.25) is 0 Å². The summed E-state index contributed by atoms with van der Waals surface area (Å²) in [6, 6.07) is 5.74. The van der Waals surface area contributed by atoms with Crippen molar-refractivity contribution < 1.29 is 14.6 Å². The Hall–Kier alpha value is -2.01. The normalized spacial score (nSPS) is 15.2. The first-order valence-electron chi connectivity index (χ1n) is 8.01. The van der Waals surface area contributed by atoms with Gasteiger partial charge in [0.25, 0.3) is 0 Å². The topological polar surface area (TPSA) is 74.4 Å². The Labute approximate surface area is 137 Å². The molecule has 1 amide bonds. The average Bonchev–Trinajstić information content (AvgIpc) is 2.95. The number of rotatable bonds is 7. The van der Waals surface area contributed by atoms with Crippen LogP contribution in [-0.2, 0) is 11.2 Å². The summed E-state index contributed by atoms with van der Waals surface area (Å²) < 4.78 is 5.38. The van der Waals surface area contributed by atoms with E-state index in [1.165, 1.54) is 0 Å². The molecule has 0 fully saturated rings. The molecular weight excluding hydrogens is 292 g/mol. The van der Waals surface area contributed by atoms with Crippen molar-refractivity contribution >= 4 is 16.8 Å². The maximum atomic E-state index is 12.2. The summed E-state index contributed by atoms with van der Waals surface area (Å²) in [5.74, 6) is 0.759. The number of carbonyl (C=O) groups excluding carboxylic acids is 1. The molecule has 1 aromatic heterocycles. The van der Waals surface area contributed by atoms with Gasteiger partial charge in [0.15, 0.2) is 0 Å². The molecule has 126 valence electrons. The van der Waals surface area contributed by atoms with Crippen LogP contribution in [0.25, 0.3) is 10.9 Å². The van der Waals surface area contributed by atoms with Gasteiger partial charge in [-0.15, -0.1) is 0 Å². The van der Waals surface area contributed by atoms with Crippen molar-refractivity contribution in [3.05, 3.63) is 30.0 Å². The zero-order chi connectivity index (χ0) is 17.0. The van der Waals surface area contributed by atoms with Gasteiger partial charge in [0.2, 0.25) is 5.91 Å². The second-order valence-corrected chi connectivity index (χ2v) is 6.32. The highest BCUT2D eigenvalue weighted by Gasteiger charge is 2.27. The molecule has 2 aromatic rings. The number of hydrogen-bond acceptors (Lipinski definition) is 3. The number of hydrogen-bond donors (Lipinski definition) is 3. The lowest BCUT2D eigenvalue weighted by atomic mass is 9.88. The van der Waals surface area contributed by atoms with Gasteiger partial charge >= 0.3 is 0 Å². The third-order valence-corrected chi connectivity index (χ3v) is 4.64. The molecule has 2 rings (SSSR count). The van der Waals surface area contributed by atoms with Crippen LogP contribution in [0.15, 0.2) is 24.4 Å². The second-order valence-electron chi connectivity index (χ2n) is 6.32. The van der Waals surface area contributed by atoms with E-state index in [9.17, 15) is 9.90 Å². The monoisotopic (exact) mass is 318 g/mol. The number of benzene rings is 1. The maximum Gasteiger partial charge on any atom is 0.224 e. The SMILES string of the molecule is CCC(C)C(C)(O)CNC(=O)Cc1c[nH]c2cccc(OC)c12. The number of H-pyrrole nitrogens is 1. The molecular formula is C18H26N2O3. The van der Waals surface area contributed by atoms with Crippen LogP contribution >= 0.6 is 0 Å². The molecule has 0 aliphatic rings. The Kier molecular flexibility index (Phi) is 5.31. The molecule has 2 unspecified atom stereocenters. The molecule has 1 heterocycles. The Morgan fingerprint density at radius 1 is 1.48 bits per heavy atom. The fraction of sp³-hybridized carbons (Fsp3) is 0.500. The van der Waals surface area contributed by atoms with E-state index in [2.05, 4.69) is 10.3 Å². The van der Waals surface area contributed by atoms with Gasteiger partial charge in [-0.05, 0) is 30.5 Å². The highest BCUT2D eigenvalue weighted by Crippen LogP contribution is 2.28. The summed E-state index contributed by atoms with van der Waals surface area (Å²) in [6.45, 7) is 6.02. The van der Waals surface area contributed by atoms with E-state index in [0.717, 1.165) is 28.6 Å². The van der Waals surface area contributed by atoms with Gasteiger partial charge in [0.1, 0.15) is 5.75 Å². The van der Waals surface area contributed by atoms with Crippen LogP contribution in [0.3, 0.4) is 0 Å². The van der Waals surface area contributed by atoms with Crippen LogP contribution in [0.1, 0.15) is 32.8 Å². The molecule has 0 bridgehead atoms. The smallest absolute Gasteiger partial charge is 0.224 e. The summed E-state index contributed by atoms with van der Waals surface area (Å²) in [5.41, 5.74) is 0.930. The molecule has 2 atom stereocenters. The van der Waals surface area contributed by atoms with Crippen LogP contribution in [0, 0.1) is 5.92 Å². The van der Waals surface area contributed by atoms with E-state index in [1.807, 2.05) is 38.2 Å². The quantitative estimate of drug-likeness (QED) is 0.734. The first-order chi connectivity index (χ1) is 10.9. The van der Waals surface area contributed by atoms with Crippen molar-refractivity contribution in [3.63, 3.8) is 0 Å². The number of nitrogens with one attached hydrogen (secondary N) is 2. The molecule has 5 heteroatoms. The standard InChI is InChI=1S/C18H26N2O3/c1-5-12(2)18(3,22)11-20-16(21)9-13-10-19-14-7-6-8-15(23-4)17(13)14/h6-8,10,12,19,22H,5,9,11H2,1-4H3,(H,20,21). The van der Waals surface area contributed by atoms with E-state index in [0.29, 0.717) is 0 Å². The number of aliphatic hydroxyl groups is 1. The molecule has 0 spiro atoms. The lowest BCUT2D eigenvalue weighted by Gasteiger charge is -2.29. The third-order valence-electron chi connectivity index (χ3n) is 4.64. The largest absolute Gasteiger partial charge is 0.496 e. The molecule has 0 saturated heterocycles. The molecule has 0 aliphatic heterocycles. The van der Waals surface area contributed by atoms with E-state index in [-0.39, 0.29) is 24.8 Å². The molecule has 1 aromatic carbocycles. The van der Waals surface area contributed by atoms with Crippen molar-refractivity contribution in [3.8, 4) is 5.75 Å². The molecule has 5 nitrogen and oxygen atoms in total. The minimum atomic E-state index is -0.900. The van der Waals surface area contributed by atoms with E-state index >= 15 is 0 Å². The molecule has 0 radical (unpaired) electrons. The first kappa shape index (κ1) is 17.3. The molecule has 23 heavy (non-hydrogen) atoms. The number of aromatic nitrogens is 1. The van der Waals surface area contributed by atoms with Crippen LogP contribution in [-0.4, -0.2) is 35.3 Å². The van der Waals surface area contributed by atoms with Crippen molar-refractivity contribution in [1.29, 1.82) is 0 Å². The Morgan fingerprint density at radius 2 is 2.22 bits per heavy atom. The summed E-state index contributed by atoms with van der Waals surface area (Å²) in [6.07, 6.45) is 2.94. The fourth-order valence-corrected chi connectivity index (χ4v) is 2.66. The minimum Gasteiger partial charge on any atom is -0.496 e. The lowest BCUT2D eigenvalue weighted by molar-refractivity contribution is -0.122. The zero-order valence-corrected chi connectivity index (χ0v) is 14.3. The second kappa shape index (κ2) is 7.04. The number of methoxy groups -OCH3 is 1. The van der Waals surface area contributed by atoms with Crippen LogP contribution < -0.4 is 10.1 Å². The predicted molar refractivity (Wildman–Crippen MR) is 91.6 cm³/mol. The van der Waals surface area contributed by atoms with Gasteiger partial charge in [-0.25, -0.2) is 0 Å². The summed E-state index contributed by atoms with van der Waals surface area (Å²) in [7, 11) is 1.62. The Balaban J connectivity index is 2.07. The number of carbonyl (C=O) groups is 1. The van der Waals surface area contributed by atoms with Crippen LogP contribution in [0.5, 0.6) is 5.75 Å². The van der Waals surface area contributed by atoms with Gasteiger partial charge in [0, 0.05) is 23.6 Å². The predicted octanol–water partition coefficient (Wildman–Crippen LogP) is 2.63. The maximum absolute atomic E-state index is 12.2. The third kappa shape index (κ3) is 3.85. The van der Waals surface area contributed by atoms with E-state index < -0.39 is 5.60 Å². The van der Waals surface area contributed by atoms with Crippen molar-refractivity contribution in [1.82, 2.24) is 10.3 Å². The van der Waals surface area contributed by atoms with E-state index in [4.69, 9.17) is 4.74 Å². The van der Waals surface area contributed by atoms with Crippen molar-refractivity contribution in [2.24, 2.45) is 5.92 Å². The zero-order valence-electron chi connectivity index (χ0n) is 14.3. The first-order valence-corrected chi connectivity index (χ1v) is 8.01. The van der Waals surface area contributed by atoms with Crippen molar-refractivity contribution in [2.45, 2.75) is 39.2 Å². The van der Waals surface area contributed by atoms with Gasteiger partial charge in [-0.1, -0.05) is 26.3 Å².